The highest BCUT2D eigenvalue weighted by molar-refractivity contribution is 6.65. The summed E-state index contributed by atoms with van der Waals surface area (Å²) in [6.07, 6.45) is 1.74. The van der Waals surface area contributed by atoms with Crippen molar-refractivity contribution in [3.8, 4) is 6.07 Å². The number of allylic oxidation sites excluding steroid dienone is 2. The summed E-state index contributed by atoms with van der Waals surface area (Å²) in [4.78, 5) is -2.32. The summed E-state index contributed by atoms with van der Waals surface area (Å²) in [6.45, 7) is 0. The highest BCUT2D eigenvalue weighted by Crippen LogP contribution is 2.82. The lowest BCUT2D eigenvalue weighted by molar-refractivity contribution is 0.187. The molecule has 7 heteroatoms. The van der Waals surface area contributed by atoms with E-state index in [2.05, 4.69) is 6.07 Å². The predicted molar refractivity (Wildman–Crippen MR) is 82.6 cm³/mol. The molecule has 0 spiro atoms. The molecule has 0 N–H and O–H groups in total. The number of fused-ring (bicyclic) bond motifs is 9. The van der Waals surface area contributed by atoms with E-state index in [4.69, 9.17) is 69.6 Å². The molecule has 0 saturated heterocycles. The van der Waals surface area contributed by atoms with Crippen LogP contribution in [0.3, 0.4) is 0 Å². The molecule has 4 aliphatic rings. The molecule has 3 fully saturated rings. The van der Waals surface area contributed by atoms with E-state index in [0.717, 1.165) is 12.8 Å². The zero-order chi connectivity index (χ0) is 14.7. The van der Waals surface area contributed by atoms with Crippen molar-refractivity contribution >= 4 is 69.6 Å². The lowest BCUT2D eigenvalue weighted by atomic mass is 9.69. The third-order valence-corrected chi connectivity index (χ3v) is 10.1. The molecule has 108 valence electrons. The van der Waals surface area contributed by atoms with Gasteiger partial charge < -0.3 is 0 Å². The van der Waals surface area contributed by atoms with Gasteiger partial charge in [-0.1, -0.05) is 46.4 Å². The molecule has 20 heavy (non-hydrogen) atoms. The summed E-state index contributed by atoms with van der Waals surface area (Å²) in [7, 11) is 0. The van der Waals surface area contributed by atoms with Crippen LogP contribution in [0.25, 0.3) is 0 Å². The Kier molecular flexibility index (Phi) is 2.83. The van der Waals surface area contributed by atoms with E-state index in [-0.39, 0.29) is 39.7 Å². The molecule has 0 amide bonds. The first kappa shape index (κ1) is 14.6. The van der Waals surface area contributed by atoms with Gasteiger partial charge in [-0.3, -0.25) is 0 Å². The van der Waals surface area contributed by atoms with Gasteiger partial charge in [0.05, 0.1) is 16.1 Å². The topological polar surface area (TPSA) is 23.8 Å². The molecule has 0 heterocycles. The number of hydrogen-bond acceptors (Lipinski definition) is 1. The second kappa shape index (κ2) is 3.89. The second-order valence-corrected chi connectivity index (χ2v) is 9.58. The van der Waals surface area contributed by atoms with Crippen LogP contribution in [0.5, 0.6) is 0 Å². The van der Waals surface area contributed by atoms with Crippen molar-refractivity contribution < 1.29 is 0 Å². The van der Waals surface area contributed by atoms with Crippen molar-refractivity contribution in [2.24, 2.45) is 29.6 Å². The molecular weight excluding hydrogens is 383 g/mol. The van der Waals surface area contributed by atoms with Crippen LogP contribution in [-0.2, 0) is 0 Å². The fourth-order valence-corrected chi connectivity index (χ4v) is 8.35. The molecule has 1 nitrogen and oxygen atoms in total. The van der Waals surface area contributed by atoms with Crippen molar-refractivity contribution in [3.63, 3.8) is 0 Å². The fraction of sp³-hybridized carbons (Fsp3) is 0.769. The predicted octanol–water partition coefficient (Wildman–Crippen LogP) is 5.24. The number of halogens is 6. The Morgan fingerprint density at radius 3 is 2.05 bits per heavy atom. The van der Waals surface area contributed by atoms with Gasteiger partial charge in [-0.15, -0.1) is 23.2 Å². The first-order valence-corrected chi connectivity index (χ1v) is 8.71. The number of hydrogen-bond donors (Lipinski definition) is 0. The lowest BCUT2D eigenvalue weighted by Crippen LogP contribution is -2.46. The maximum Gasteiger partial charge on any atom is 0.166 e. The van der Waals surface area contributed by atoms with Crippen LogP contribution >= 0.6 is 69.6 Å². The van der Waals surface area contributed by atoms with Crippen LogP contribution in [-0.4, -0.2) is 14.1 Å². The number of nitrogens with zero attached hydrogens (tertiary/aromatic N) is 1. The van der Waals surface area contributed by atoms with Gasteiger partial charge in [0.2, 0.25) is 0 Å². The fourth-order valence-electron chi connectivity index (χ4n) is 5.19. The van der Waals surface area contributed by atoms with E-state index < -0.39 is 14.1 Å². The maximum absolute atomic E-state index is 9.31. The van der Waals surface area contributed by atoms with Crippen LogP contribution in [0.4, 0.5) is 0 Å². The molecule has 7 atom stereocenters. The van der Waals surface area contributed by atoms with Crippen LogP contribution in [0.15, 0.2) is 10.1 Å². The summed E-state index contributed by atoms with van der Waals surface area (Å²) < 4.78 is -1.45. The van der Waals surface area contributed by atoms with Crippen LogP contribution < -0.4 is 0 Å². The van der Waals surface area contributed by atoms with Gasteiger partial charge in [0.15, 0.2) is 4.33 Å². The van der Waals surface area contributed by atoms with Crippen molar-refractivity contribution in [1.29, 1.82) is 5.26 Å². The van der Waals surface area contributed by atoms with Crippen molar-refractivity contribution in [2.75, 3.05) is 0 Å². The Hall–Kier alpha value is 0.970. The number of rotatable bonds is 0. The Balaban J connectivity index is 1.96. The van der Waals surface area contributed by atoms with Crippen molar-refractivity contribution in [2.45, 2.75) is 26.9 Å². The van der Waals surface area contributed by atoms with E-state index in [1.807, 2.05) is 0 Å². The second-order valence-electron chi connectivity index (χ2n) is 6.31. The third-order valence-electron chi connectivity index (χ3n) is 5.83. The largest absolute Gasteiger partial charge is 0.198 e. The highest BCUT2D eigenvalue weighted by atomic mass is 35.5. The van der Waals surface area contributed by atoms with E-state index in [1.165, 1.54) is 0 Å². The standard InChI is InChI=1S/C13H9Cl6N/c14-9-10(15)12(17)8-6-2-4(1-5(6)3-20)7(8)11(9,16)13(12,18)19/h4-8H,1-2H2. The van der Waals surface area contributed by atoms with Gasteiger partial charge in [-0.2, -0.15) is 5.26 Å². The van der Waals surface area contributed by atoms with Gasteiger partial charge in [0, 0.05) is 5.92 Å². The smallest absolute Gasteiger partial charge is 0.166 e. The molecular formula is C13H9Cl6N. The van der Waals surface area contributed by atoms with Gasteiger partial charge in [0.1, 0.15) is 9.75 Å². The number of alkyl halides is 4. The lowest BCUT2D eigenvalue weighted by Gasteiger charge is -2.40. The Morgan fingerprint density at radius 1 is 0.950 bits per heavy atom. The van der Waals surface area contributed by atoms with Crippen molar-refractivity contribution in [1.82, 2.24) is 0 Å². The molecule has 7 unspecified atom stereocenters. The Labute approximate surface area is 147 Å². The summed E-state index contributed by atoms with van der Waals surface area (Å²) in [5.41, 5.74) is 0. The summed E-state index contributed by atoms with van der Waals surface area (Å²) in [5.74, 6) is 0.298. The third kappa shape index (κ3) is 1.15. The highest BCUT2D eigenvalue weighted by Gasteiger charge is 2.86. The minimum Gasteiger partial charge on any atom is -0.198 e. The molecule has 0 aliphatic heterocycles. The molecule has 4 rings (SSSR count). The zero-order valence-corrected chi connectivity index (χ0v) is 14.6. The van der Waals surface area contributed by atoms with Crippen LogP contribution in [0, 0.1) is 40.9 Å². The maximum atomic E-state index is 9.31. The van der Waals surface area contributed by atoms with E-state index >= 15 is 0 Å². The molecule has 0 aromatic carbocycles. The van der Waals surface area contributed by atoms with E-state index in [0.29, 0.717) is 0 Å². The Morgan fingerprint density at radius 2 is 1.50 bits per heavy atom. The van der Waals surface area contributed by atoms with Crippen LogP contribution in [0.2, 0.25) is 0 Å². The van der Waals surface area contributed by atoms with Gasteiger partial charge in [-0.05, 0) is 36.5 Å². The minimum absolute atomic E-state index is 0.0127. The first-order chi connectivity index (χ1) is 9.22. The normalized spacial score (nSPS) is 58.1. The summed E-state index contributed by atoms with van der Waals surface area (Å²) in [5, 5.41) is 9.85. The average molecular weight is 392 g/mol. The SMILES string of the molecule is N#CC1CC2CC1C1C2C2(Cl)C(Cl)=C(Cl)C1(Cl)C2(Cl)Cl. The van der Waals surface area contributed by atoms with Crippen LogP contribution in [0.1, 0.15) is 12.8 Å². The van der Waals surface area contributed by atoms with Gasteiger partial charge in [-0.25, -0.2) is 0 Å². The Bertz CT molecular complexity index is 594. The molecule has 3 saturated carbocycles. The zero-order valence-electron chi connectivity index (χ0n) is 10.0. The first-order valence-electron chi connectivity index (χ1n) is 6.44. The molecule has 0 aromatic heterocycles. The minimum atomic E-state index is -1.45. The average Bonchev–Trinajstić information content (AvgIpc) is 3.04. The summed E-state index contributed by atoms with van der Waals surface area (Å²) >= 11 is 39.4. The van der Waals surface area contributed by atoms with Gasteiger partial charge in [0.25, 0.3) is 0 Å². The summed E-state index contributed by atoms with van der Waals surface area (Å²) in [6, 6.07) is 2.37. The van der Waals surface area contributed by atoms with E-state index in [9.17, 15) is 5.26 Å². The quantitative estimate of drug-likeness (QED) is 0.409. The number of nitriles is 1. The molecule has 4 aliphatic carbocycles. The molecule has 4 bridgehead atoms. The molecule has 0 radical (unpaired) electrons. The molecule has 0 aromatic rings. The van der Waals surface area contributed by atoms with Crippen molar-refractivity contribution in [3.05, 3.63) is 10.1 Å². The van der Waals surface area contributed by atoms with Gasteiger partial charge >= 0.3 is 0 Å². The van der Waals surface area contributed by atoms with E-state index in [1.54, 1.807) is 0 Å². The monoisotopic (exact) mass is 389 g/mol.